The molecule has 2 aromatic rings. The average Bonchev–Trinajstić information content (AvgIpc) is 3.22. The highest BCUT2D eigenvalue weighted by Crippen LogP contribution is 2.49. The molecule has 2 fully saturated rings. The van der Waals surface area contributed by atoms with E-state index in [0.29, 0.717) is 11.8 Å². The Labute approximate surface area is 179 Å². The van der Waals surface area contributed by atoms with Crippen LogP contribution in [0.25, 0.3) is 0 Å². The number of nitrogens with zero attached hydrogens (tertiary/aromatic N) is 1. The summed E-state index contributed by atoms with van der Waals surface area (Å²) >= 11 is 0. The Hall–Kier alpha value is -2.17. The van der Waals surface area contributed by atoms with Crippen LogP contribution in [0.2, 0.25) is 0 Å². The highest BCUT2D eigenvalue weighted by atomic mass is 16.3. The summed E-state index contributed by atoms with van der Waals surface area (Å²) in [6.45, 7) is 2.90. The molecule has 0 saturated carbocycles. The molecule has 2 aliphatic heterocycles. The van der Waals surface area contributed by atoms with Crippen molar-refractivity contribution in [3.05, 3.63) is 70.8 Å². The number of aliphatic hydroxyl groups is 1. The molecule has 2 unspecified atom stereocenters. The molecular weight excluding hydrogens is 372 g/mol. The van der Waals surface area contributed by atoms with Gasteiger partial charge in [-0.3, -0.25) is 4.79 Å². The van der Waals surface area contributed by atoms with Crippen LogP contribution in [-0.2, 0) is 23.2 Å². The highest BCUT2D eigenvalue weighted by molar-refractivity contribution is 5.49. The molecule has 3 aliphatic rings. The van der Waals surface area contributed by atoms with Crippen LogP contribution in [0.4, 0.5) is 0 Å². The number of fused-ring (bicyclic) bond motifs is 2. The lowest BCUT2D eigenvalue weighted by Gasteiger charge is -2.48. The molecule has 4 nitrogen and oxygen atoms in total. The topological polar surface area (TPSA) is 52.6 Å². The van der Waals surface area contributed by atoms with Gasteiger partial charge in [0, 0.05) is 37.0 Å². The van der Waals surface area contributed by atoms with Crippen molar-refractivity contribution in [2.75, 3.05) is 19.6 Å². The second-order valence-corrected chi connectivity index (χ2v) is 9.44. The van der Waals surface area contributed by atoms with Crippen LogP contribution in [0.5, 0.6) is 0 Å². The third kappa shape index (κ3) is 3.27. The number of aryl methyl sites for hydroxylation is 1. The van der Waals surface area contributed by atoms with Gasteiger partial charge in [-0.15, -0.1) is 0 Å². The Morgan fingerprint density at radius 3 is 2.87 bits per heavy atom. The van der Waals surface area contributed by atoms with E-state index >= 15 is 0 Å². The van der Waals surface area contributed by atoms with Gasteiger partial charge in [0.2, 0.25) is 6.41 Å². The molecule has 4 atom stereocenters. The van der Waals surface area contributed by atoms with Crippen LogP contribution < -0.4 is 5.32 Å². The van der Waals surface area contributed by atoms with Crippen LogP contribution in [0, 0.1) is 5.92 Å². The Balaban J connectivity index is 1.50. The third-order valence-electron chi connectivity index (χ3n) is 8.03. The normalized spacial score (nSPS) is 31.0. The van der Waals surface area contributed by atoms with Gasteiger partial charge >= 0.3 is 0 Å². The van der Waals surface area contributed by atoms with Crippen molar-refractivity contribution in [1.82, 2.24) is 10.2 Å². The minimum Gasteiger partial charge on any atom is -0.392 e. The monoisotopic (exact) mass is 404 g/mol. The summed E-state index contributed by atoms with van der Waals surface area (Å²) in [6, 6.07) is 17.7. The molecule has 158 valence electrons. The maximum atomic E-state index is 12.0. The summed E-state index contributed by atoms with van der Waals surface area (Å²) in [5.74, 6) is 0.943. The standard InChI is InChI=1S/C26H32N2O2/c29-16-19-8-9-23-22(13-19)7-4-11-26(23)17-27-15-24(26)25-14-21(10-12-28(25)18-30)20-5-2-1-3-6-20/h1-3,5-6,8-9,13,18,21,24-25,27,29H,4,7,10-12,14-17H2/t21?,24-,25?,26-/m0/s1. The van der Waals surface area contributed by atoms with Crippen LogP contribution in [-0.4, -0.2) is 42.1 Å². The quantitative estimate of drug-likeness (QED) is 0.768. The van der Waals surface area contributed by atoms with Crippen molar-refractivity contribution < 1.29 is 9.90 Å². The molecule has 2 heterocycles. The number of carbonyl (C=O) groups is 1. The van der Waals surface area contributed by atoms with E-state index in [1.54, 1.807) is 0 Å². The summed E-state index contributed by atoms with van der Waals surface area (Å²) < 4.78 is 0. The van der Waals surface area contributed by atoms with E-state index < -0.39 is 0 Å². The Bertz CT molecular complexity index is 899. The maximum absolute atomic E-state index is 12.0. The summed E-state index contributed by atoms with van der Waals surface area (Å²) in [7, 11) is 0. The second-order valence-electron chi connectivity index (χ2n) is 9.44. The van der Waals surface area contributed by atoms with Crippen molar-refractivity contribution in [2.24, 2.45) is 5.92 Å². The number of piperidine rings is 1. The SMILES string of the molecule is O=CN1CCC(c2ccccc2)CC1[C@@H]1CNC[C@]12CCCc1cc(CO)ccc12. The molecule has 5 rings (SSSR count). The summed E-state index contributed by atoms with van der Waals surface area (Å²) in [5, 5.41) is 13.3. The van der Waals surface area contributed by atoms with Gasteiger partial charge in [0.15, 0.2) is 0 Å². The van der Waals surface area contributed by atoms with Crippen molar-refractivity contribution >= 4 is 6.41 Å². The van der Waals surface area contributed by atoms with Gasteiger partial charge in [0.1, 0.15) is 0 Å². The zero-order valence-corrected chi connectivity index (χ0v) is 17.6. The smallest absolute Gasteiger partial charge is 0.209 e. The maximum Gasteiger partial charge on any atom is 0.209 e. The molecule has 1 aliphatic carbocycles. The molecule has 2 aromatic carbocycles. The number of benzene rings is 2. The lowest BCUT2D eigenvalue weighted by atomic mass is 9.61. The lowest BCUT2D eigenvalue weighted by molar-refractivity contribution is -0.123. The zero-order valence-electron chi connectivity index (χ0n) is 17.6. The number of hydrogen-bond donors (Lipinski definition) is 2. The molecule has 1 amide bonds. The van der Waals surface area contributed by atoms with Crippen molar-refractivity contribution in [3.63, 3.8) is 0 Å². The van der Waals surface area contributed by atoms with Crippen LogP contribution in [0.15, 0.2) is 48.5 Å². The van der Waals surface area contributed by atoms with Gasteiger partial charge < -0.3 is 15.3 Å². The molecule has 1 spiro atoms. The molecule has 2 saturated heterocycles. The number of hydrogen-bond acceptors (Lipinski definition) is 3. The van der Waals surface area contributed by atoms with E-state index in [9.17, 15) is 9.90 Å². The van der Waals surface area contributed by atoms with Gasteiger partial charge in [-0.05, 0) is 60.3 Å². The second kappa shape index (κ2) is 8.16. The molecule has 0 radical (unpaired) electrons. The predicted octanol–water partition coefficient (Wildman–Crippen LogP) is 3.38. The van der Waals surface area contributed by atoms with E-state index in [-0.39, 0.29) is 18.1 Å². The third-order valence-corrected chi connectivity index (χ3v) is 8.03. The summed E-state index contributed by atoms with van der Waals surface area (Å²) in [4.78, 5) is 14.1. The fraction of sp³-hybridized carbons (Fsp3) is 0.500. The first-order valence-corrected chi connectivity index (χ1v) is 11.4. The van der Waals surface area contributed by atoms with Gasteiger partial charge in [-0.25, -0.2) is 0 Å². The van der Waals surface area contributed by atoms with Crippen LogP contribution in [0.1, 0.15) is 53.9 Å². The van der Waals surface area contributed by atoms with E-state index in [4.69, 9.17) is 0 Å². The van der Waals surface area contributed by atoms with Crippen LogP contribution >= 0.6 is 0 Å². The first-order valence-electron chi connectivity index (χ1n) is 11.4. The number of amides is 1. The predicted molar refractivity (Wildman–Crippen MR) is 118 cm³/mol. The molecule has 30 heavy (non-hydrogen) atoms. The first-order chi connectivity index (χ1) is 14.7. The fourth-order valence-corrected chi connectivity index (χ4v) is 6.59. The minimum atomic E-state index is 0.0894. The number of rotatable bonds is 4. The largest absolute Gasteiger partial charge is 0.392 e. The minimum absolute atomic E-state index is 0.0894. The fourth-order valence-electron chi connectivity index (χ4n) is 6.59. The van der Waals surface area contributed by atoms with E-state index in [2.05, 4.69) is 58.7 Å². The van der Waals surface area contributed by atoms with Crippen LogP contribution in [0.3, 0.4) is 0 Å². The van der Waals surface area contributed by atoms with E-state index in [1.165, 1.54) is 29.5 Å². The average molecular weight is 405 g/mol. The van der Waals surface area contributed by atoms with Crippen molar-refractivity contribution in [3.8, 4) is 0 Å². The number of aliphatic hydroxyl groups excluding tert-OH is 1. The number of likely N-dealkylation sites (tertiary alicyclic amines) is 1. The van der Waals surface area contributed by atoms with Crippen molar-refractivity contribution in [1.29, 1.82) is 0 Å². The Morgan fingerprint density at radius 1 is 1.20 bits per heavy atom. The summed E-state index contributed by atoms with van der Waals surface area (Å²) in [5.41, 5.74) is 5.35. The zero-order chi connectivity index (χ0) is 20.6. The van der Waals surface area contributed by atoms with E-state index in [0.717, 1.165) is 50.9 Å². The van der Waals surface area contributed by atoms with Crippen molar-refractivity contribution in [2.45, 2.75) is 56.1 Å². The highest BCUT2D eigenvalue weighted by Gasteiger charge is 2.51. The molecule has 4 heteroatoms. The lowest BCUT2D eigenvalue weighted by Crippen LogP contribution is -2.52. The van der Waals surface area contributed by atoms with E-state index in [1.807, 2.05) is 0 Å². The molecule has 0 aromatic heterocycles. The first kappa shape index (κ1) is 19.8. The van der Waals surface area contributed by atoms with Gasteiger partial charge in [-0.2, -0.15) is 0 Å². The molecule has 0 bridgehead atoms. The molecule has 2 N–H and O–H groups in total. The van der Waals surface area contributed by atoms with Gasteiger partial charge in [0.05, 0.1) is 6.61 Å². The Morgan fingerprint density at radius 2 is 2.07 bits per heavy atom. The molecular formula is C26H32N2O2. The van der Waals surface area contributed by atoms with Gasteiger partial charge in [-0.1, -0.05) is 48.5 Å². The summed E-state index contributed by atoms with van der Waals surface area (Å²) in [6.07, 6.45) is 6.62. The van der Waals surface area contributed by atoms with Gasteiger partial charge in [0.25, 0.3) is 0 Å². The number of carbonyl (C=O) groups excluding carboxylic acids is 1. The Kier molecular flexibility index (Phi) is 5.38. The number of nitrogens with one attached hydrogen (secondary N) is 1.